The van der Waals surface area contributed by atoms with Gasteiger partial charge in [-0.05, 0) is 37.8 Å². The fraction of sp³-hybridized carbons (Fsp3) is 0.450. The Hall–Kier alpha value is -2.28. The van der Waals surface area contributed by atoms with E-state index in [1.54, 1.807) is 18.0 Å². The van der Waals surface area contributed by atoms with E-state index in [0.29, 0.717) is 5.75 Å². The lowest BCUT2D eigenvalue weighted by molar-refractivity contribution is -0.129. The van der Waals surface area contributed by atoms with Crippen LogP contribution in [0.15, 0.2) is 47.5 Å². The molecule has 0 unspecified atom stereocenters. The Bertz CT molecular complexity index is 795. The Kier molecular flexibility index (Phi) is 5.48. The number of carbonyl (C=O) groups excluding carboxylic acids is 2. The van der Waals surface area contributed by atoms with Gasteiger partial charge in [0.2, 0.25) is 11.8 Å². The molecular weight excluding hydrogens is 360 g/mol. The Morgan fingerprint density at radius 2 is 1.81 bits per heavy atom. The van der Waals surface area contributed by atoms with Crippen LogP contribution in [0, 0.1) is 5.92 Å². The van der Waals surface area contributed by atoms with E-state index in [1.165, 1.54) is 0 Å². The Morgan fingerprint density at radius 3 is 2.52 bits per heavy atom. The number of anilines is 1. The summed E-state index contributed by atoms with van der Waals surface area (Å²) in [6.45, 7) is 1.46. The van der Waals surface area contributed by atoms with Crippen LogP contribution < -0.4 is 5.32 Å². The number of piperidine rings is 1. The summed E-state index contributed by atoms with van der Waals surface area (Å²) in [4.78, 5) is 27.6. The summed E-state index contributed by atoms with van der Waals surface area (Å²) < 4.78 is 1.92. The SMILES string of the molecule is O=C(Nc1ccnn1C1CCN(C(=O)CSc2ccccc2)CC1)C1CC1. The van der Waals surface area contributed by atoms with Gasteiger partial charge in [0, 0.05) is 30.0 Å². The maximum absolute atomic E-state index is 12.5. The molecular formula is C20H24N4O2S. The summed E-state index contributed by atoms with van der Waals surface area (Å²) >= 11 is 1.58. The Balaban J connectivity index is 1.28. The number of nitrogens with zero attached hydrogens (tertiary/aromatic N) is 3. The summed E-state index contributed by atoms with van der Waals surface area (Å²) in [5, 5.41) is 7.41. The molecule has 2 heterocycles. The van der Waals surface area contributed by atoms with Crippen LogP contribution in [-0.4, -0.2) is 45.3 Å². The molecule has 6 nitrogen and oxygen atoms in total. The predicted molar refractivity (Wildman–Crippen MR) is 106 cm³/mol. The highest BCUT2D eigenvalue weighted by Crippen LogP contribution is 2.31. The summed E-state index contributed by atoms with van der Waals surface area (Å²) in [6, 6.07) is 12.1. The van der Waals surface area contributed by atoms with Gasteiger partial charge in [0.15, 0.2) is 0 Å². The van der Waals surface area contributed by atoms with Crippen LogP contribution >= 0.6 is 11.8 Å². The first-order valence-corrected chi connectivity index (χ1v) is 10.5. The van der Waals surface area contributed by atoms with Crippen molar-refractivity contribution in [3.8, 4) is 0 Å². The van der Waals surface area contributed by atoms with Crippen LogP contribution in [0.4, 0.5) is 5.82 Å². The number of hydrogen-bond acceptors (Lipinski definition) is 4. The van der Waals surface area contributed by atoms with E-state index < -0.39 is 0 Å². The van der Waals surface area contributed by atoms with Crippen LogP contribution in [0.3, 0.4) is 0 Å². The van der Waals surface area contributed by atoms with Gasteiger partial charge in [0.1, 0.15) is 5.82 Å². The zero-order valence-electron chi connectivity index (χ0n) is 15.2. The lowest BCUT2D eigenvalue weighted by atomic mass is 10.1. The molecule has 1 aliphatic heterocycles. The van der Waals surface area contributed by atoms with Crippen LogP contribution in [0.1, 0.15) is 31.7 Å². The van der Waals surface area contributed by atoms with Crippen molar-refractivity contribution in [2.45, 2.75) is 36.6 Å². The molecule has 2 fully saturated rings. The lowest BCUT2D eigenvalue weighted by Gasteiger charge is -2.32. The molecule has 1 saturated heterocycles. The van der Waals surface area contributed by atoms with Gasteiger partial charge in [0.05, 0.1) is 18.0 Å². The number of thioether (sulfide) groups is 1. The Labute approximate surface area is 163 Å². The maximum Gasteiger partial charge on any atom is 0.232 e. The quantitative estimate of drug-likeness (QED) is 0.777. The van der Waals surface area contributed by atoms with E-state index in [-0.39, 0.29) is 23.8 Å². The topological polar surface area (TPSA) is 67.2 Å². The van der Waals surface area contributed by atoms with Crippen molar-refractivity contribution in [2.75, 3.05) is 24.2 Å². The van der Waals surface area contributed by atoms with Crippen molar-refractivity contribution < 1.29 is 9.59 Å². The predicted octanol–water partition coefficient (Wildman–Crippen LogP) is 3.19. The maximum atomic E-state index is 12.5. The molecule has 4 rings (SSSR count). The zero-order valence-corrected chi connectivity index (χ0v) is 16.0. The molecule has 7 heteroatoms. The number of amides is 2. The third-order valence-corrected chi connectivity index (χ3v) is 6.14. The highest BCUT2D eigenvalue weighted by Gasteiger charge is 2.31. The van der Waals surface area contributed by atoms with Crippen molar-refractivity contribution >= 4 is 29.4 Å². The van der Waals surface area contributed by atoms with Crippen molar-refractivity contribution in [3.63, 3.8) is 0 Å². The third-order valence-electron chi connectivity index (χ3n) is 5.14. The van der Waals surface area contributed by atoms with Gasteiger partial charge >= 0.3 is 0 Å². The minimum absolute atomic E-state index is 0.0994. The molecule has 2 amide bonds. The summed E-state index contributed by atoms with van der Waals surface area (Å²) in [6.07, 6.45) is 5.42. The van der Waals surface area contributed by atoms with Gasteiger partial charge in [-0.1, -0.05) is 18.2 Å². The van der Waals surface area contributed by atoms with Crippen molar-refractivity contribution in [2.24, 2.45) is 5.92 Å². The molecule has 1 saturated carbocycles. The summed E-state index contributed by atoms with van der Waals surface area (Å²) in [7, 11) is 0. The normalized spacial score (nSPS) is 17.7. The number of rotatable bonds is 6. The van der Waals surface area contributed by atoms with Gasteiger partial charge in [-0.25, -0.2) is 4.68 Å². The van der Waals surface area contributed by atoms with Crippen molar-refractivity contribution in [1.82, 2.24) is 14.7 Å². The first-order valence-electron chi connectivity index (χ1n) is 9.51. The van der Waals surface area contributed by atoms with Gasteiger partial charge in [-0.15, -0.1) is 11.8 Å². The van der Waals surface area contributed by atoms with E-state index in [9.17, 15) is 9.59 Å². The molecule has 1 N–H and O–H groups in total. The van der Waals surface area contributed by atoms with E-state index in [1.807, 2.05) is 46.0 Å². The zero-order chi connectivity index (χ0) is 18.6. The number of aromatic nitrogens is 2. The van der Waals surface area contributed by atoms with E-state index in [2.05, 4.69) is 10.4 Å². The van der Waals surface area contributed by atoms with Crippen LogP contribution in [-0.2, 0) is 9.59 Å². The number of carbonyl (C=O) groups is 2. The van der Waals surface area contributed by atoms with E-state index in [4.69, 9.17) is 0 Å². The molecule has 1 aliphatic carbocycles. The smallest absolute Gasteiger partial charge is 0.232 e. The van der Waals surface area contributed by atoms with Crippen LogP contribution in [0.2, 0.25) is 0 Å². The van der Waals surface area contributed by atoms with Gasteiger partial charge in [-0.2, -0.15) is 5.10 Å². The van der Waals surface area contributed by atoms with Crippen molar-refractivity contribution in [1.29, 1.82) is 0 Å². The minimum Gasteiger partial charge on any atom is -0.342 e. The molecule has 0 radical (unpaired) electrons. The molecule has 2 aromatic rings. The minimum atomic E-state index is 0.0994. The summed E-state index contributed by atoms with van der Waals surface area (Å²) in [5.74, 6) is 1.71. The third kappa shape index (κ3) is 4.53. The number of benzene rings is 1. The average molecular weight is 385 g/mol. The second kappa shape index (κ2) is 8.17. The van der Waals surface area contributed by atoms with Gasteiger partial charge in [0.25, 0.3) is 0 Å². The molecule has 27 heavy (non-hydrogen) atoms. The van der Waals surface area contributed by atoms with E-state index >= 15 is 0 Å². The fourth-order valence-corrected chi connectivity index (χ4v) is 4.21. The molecule has 2 aliphatic rings. The highest BCUT2D eigenvalue weighted by atomic mass is 32.2. The highest BCUT2D eigenvalue weighted by molar-refractivity contribution is 8.00. The number of likely N-dealkylation sites (tertiary alicyclic amines) is 1. The number of hydrogen-bond donors (Lipinski definition) is 1. The van der Waals surface area contributed by atoms with Gasteiger partial charge in [-0.3, -0.25) is 9.59 Å². The largest absolute Gasteiger partial charge is 0.342 e. The molecule has 0 bridgehead atoms. The first kappa shape index (κ1) is 18.1. The molecule has 1 aromatic carbocycles. The molecule has 0 atom stereocenters. The average Bonchev–Trinajstić information content (AvgIpc) is 3.47. The standard InChI is InChI=1S/C20H24N4O2S/c25-19(14-27-17-4-2-1-3-5-17)23-12-9-16(10-13-23)24-18(8-11-21-24)22-20(26)15-6-7-15/h1-5,8,11,15-16H,6-7,9-10,12-14H2,(H,22,26). The fourth-order valence-electron chi connectivity index (χ4n) is 3.39. The lowest BCUT2D eigenvalue weighted by Crippen LogP contribution is -2.40. The molecule has 1 aromatic heterocycles. The van der Waals surface area contributed by atoms with Crippen LogP contribution in [0.5, 0.6) is 0 Å². The van der Waals surface area contributed by atoms with Crippen LogP contribution in [0.25, 0.3) is 0 Å². The first-order chi connectivity index (χ1) is 13.2. The molecule has 142 valence electrons. The van der Waals surface area contributed by atoms with Crippen molar-refractivity contribution in [3.05, 3.63) is 42.6 Å². The van der Waals surface area contributed by atoms with E-state index in [0.717, 1.165) is 49.5 Å². The second-order valence-electron chi connectivity index (χ2n) is 7.14. The molecule has 0 spiro atoms. The second-order valence-corrected chi connectivity index (χ2v) is 8.19. The Morgan fingerprint density at radius 1 is 1.07 bits per heavy atom. The summed E-state index contributed by atoms with van der Waals surface area (Å²) in [5.41, 5.74) is 0. The number of nitrogens with one attached hydrogen (secondary N) is 1. The van der Waals surface area contributed by atoms with Gasteiger partial charge < -0.3 is 10.2 Å². The monoisotopic (exact) mass is 384 g/mol.